The molecular weight excluding hydrogens is 389 g/mol. The van der Waals surface area contributed by atoms with Gasteiger partial charge in [-0.2, -0.15) is 0 Å². The highest BCUT2D eigenvalue weighted by molar-refractivity contribution is 5.72. The summed E-state index contributed by atoms with van der Waals surface area (Å²) in [7, 11) is 0. The van der Waals surface area contributed by atoms with E-state index in [1.165, 1.54) is 35.9 Å². The Balaban J connectivity index is 1.60. The molecule has 29 heavy (non-hydrogen) atoms. The van der Waals surface area contributed by atoms with Gasteiger partial charge in [0.15, 0.2) is 5.65 Å². The first kappa shape index (κ1) is 18.5. The van der Waals surface area contributed by atoms with Crippen LogP contribution in [0.4, 0.5) is 13.2 Å². The summed E-state index contributed by atoms with van der Waals surface area (Å²) in [6.45, 7) is 1.49. The molecule has 0 saturated heterocycles. The van der Waals surface area contributed by atoms with Crippen molar-refractivity contribution >= 4 is 11.2 Å². The van der Waals surface area contributed by atoms with Crippen LogP contribution in [0.3, 0.4) is 0 Å². The Morgan fingerprint density at radius 1 is 1.10 bits per heavy atom. The van der Waals surface area contributed by atoms with Crippen LogP contribution in [0.5, 0.6) is 17.4 Å². The number of aromatic nitrogens is 4. The maximum atomic E-state index is 12.5. The Morgan fingerprint density at radius 3 is 2.66 bits per heavy atom. The van der Waals surface area contributed by atoms with Gasteiger partial charge in [-0.1, -0.05) is 6.07 Å². The van der Waals surface area contributed by atoms with Crippen LogP contribution in [-0.4, -0.2) is 25.9 Å². The van der Waals surface area contributed by atoms with Crippen LogP contribution in [0.2, 0.25) is 0 Å². The molecule has 4 rings (SSSR count). The highest BCUT2D eigenvalue weighted by Crippen LogP contribution is 2.31. The van der Waals surface area contributed by atoms with Crippen LogP contribution in [0.1, 0.15) is 5.56 Å². The summed E-state index contributed by atoms with van der Waals surface area (Å²) in [4.78, 5) is 23.2. The number of alkyl halides is 3. The summed E-state index contributed by atoms with van der Waals surface area (Å²) in [5.41, 5.74) is 1.42. The number of halogens is 3. The number of hydrogen-bond acceptors (Lipinski definition) is 5. The number of pyridine rings is 2. The van der Waals surface area contributed by atoms with Crippen molar-refractivity contribution in [3.63, 3.8) is 0 Å². The first-order valence-corrected chi connectivity index (χ1v) is 8.36. The van der Waals surface area contributed by atoms with Gasteiger partial charge in [-0.05, 0) is 36.8 Å². The number of H-pyrrole nitrogens is 1. The third-order valence-corrected chi connectivity index (χ3v) is 4.03. The van der Waals surface area contributed by atoms with Crippen LogP contribution in [0, 0.1) is 6.92 Å². The lowest BCUT2D eigenvalue weighted by Crippen LogP contribution is -2.17. The lowest BCUT2D eigenvalue weighted by atomic mass is 10.2. The van der Waals surface area contributed by atoms with E-state index in [0.717, 1.165) is 6.07 Å². The van der Waals surface area contributed by atoms with Gasteiger partial charge >= 0.3 is 12.1 Å². The van der Waals surface area contributed by atoms with E-state index in [0.29, 0.717) is 22.4 Å². The normalized spacial score (nSPS) is 11.6. The van der Waals surface area contributed by atoms with Crippen molar-refractivity contribution in [1.29, 1.82) is 0 Å². The molecule has 1 N–H and O–H groups in total. The van der Waals surface area contributed by atoms with Gasteiger partial charge in [0.2, 0.25) is 5.88 Å². The van der Waals surface area contributed by atoms with Gasteiger partial charge in [0.1, 0.15) is 11.5 Å². The molecule has 0 bridgehead atoms. The van der Waals surface area contributed by atoms with Gasteiger partial charge in [-0.25, -0.2) is 19.3 Å². The predicted molar refractivity (Wildman–Crippen MR) is 97.4 cm³/mol. The maximum absolute atomic E-state index is 12.5. The fraction of sp³-hybridized carbons (Fsp3) is 0.105. The van der Waals surface area contributed by atoms with Gasteiger partial charge in [0, 0.05) is 18.3 Å². The summed E-state index contributed by atoms with van der Waals surface area (Å²) in [5.74, 6) is -0.0968. The number of benzene rings is 1. The molecule has 3 aromatic heterocycles. The standard InChI is InChI=1S/C19H13F3N4O3/c1-11-4-6-13(9-15(11)29-19(20,21)22)28-16-7-5-12(10-24-16)26-17-14(25-18(26)27)3-2-8-23-17/h2-10H,1H3,(H,25,27). The molecule has 0 fully saturated rings. The Hall–Kier alpha value is -3.82. The monoisotopic (exact) mass is 402 g/mol. The fourth-order valence-electron chi connectivity index (χ4n) is 2.74. The molecule has 148 valence electrons. The molecule has 7 nitrogen and oxygen atoms in total. The van der Waals surface area contributed by atoms with Crippen LogP contribution >= 0.6 is 0 Å². The average molecular weight is 402 g/mol. The number of nitrogens with one attached hydrogen (secondary N) is 1. The summed E-state index contributed by atoms with van der Waals surface area (Å²) < 4.78 is 48.3. The van der Waals surface area contributed by atoms with Crippen LogP contribution in [-0.2, 0) is 0 Å². The number of aromatic amines is 1. The molecule has 0 saturated carbocycles. The predicted octanol–water partition coefficient (Wildman–Crippen LogP) is 4.11. The zero-order valence-electron chi connectivity index (χ0n) is 14.9. The minimum absolute atomic E-state index is 0.126. The van der Waals surface area contributed by atoms with Crippen molar-refractivity contribution in [1.82, 2.24) is 19.5 Å². The van der Waals surface area contributed by atoms with E-state index in [1.54, 1.807) is 24.4 Å². The summed E-state index contributed by atoms with van der Waals surface area (Å²) in [6.07, 6.45) is -1.83. The minimum atomic E-state index is -4.80. The molecule has 0 amide bonds. The molecular formula is C19H13F3N4O3. The van der Waals surface area contributed by atoms with E-state index in [-0.39, 0.29) is 23.1 Å². The van der Waals surface area contributed by atoms with E-state index < -0.39 is 6.36 Å². The van der Waals surface area contributed by atoms with Gasteiger partial charge in [-0.3, -0.25) is 0 Å². The van der Waals surface area contributed by atoms with Crippen LogP contribution in [0.25, 0.3) is 16.9 Å². The summed E-state index contributed by atoms with van der Waals surface area (Å²) >= 11 is 0. The molecule has 0 aliphatic rings. The Bertz CT molecular complexity index is 1230. The first-order chi connectivity index (χ1) is 13.8. The minimum Gasteiger partial charge on any atom is -0.439 e. The van der Waals surface area contributed by atoms with E-state index in [9.17, 15) is 18.0 Å². The molecule has 0 spiro atoms. The van der Waals surface area contributed by atoms with E-state index in [2.05, 4.69) is 19.7 Å². The number of imidazole rings is 1. The lowest BCUT2D eigenvalue weighted by molar-refractivity contribution is -0.274. The molecule has 4 aromatic rings. The highest BCUT2D eigenvalue weighted by Gasteiger charge is 2.31. The second kappa shape index (κ2) is 6.97. The number of hydrogen-bond donors (Lipinski definition) is 1. The van der Waals surface area contributed by atoms with Crippen molar-refractivity contribution in [2.24, 2.45) is 0 Å². The second-order valence-electron chi connectivity index (χ2n) is 6.07. The number of fused-ring (bicyclic) bond motifs is 1. The Kier molecular flexibility index (Phi) is 4.45. The number of ether oxygens (including phenoxy) is 2. The molecule has 0 aliphatic carbocycles. The van der Waals surface area contributed by atoms with Gasteiger partial charge < -0.3 is 14.5 Å². The van der Waals surface area contributed by atoms with Gasteiger partial charge in [0.25, 0.3) is 0 Å². The molecule has 10 heteroatoms. The smallest absolute Gasteiger partial charge is 0.439 e. The summed E-state index contributed by atoms with van der Waals surface area (Å²) in [6, 6.07) is 10.6. The van der Waals surface area contributed by atoms with E-state index >= 15 is 0 Å². The zero-order valence-corrected chi connectivity index (χ0v) is 14.9. The SMILES string of the molecule is Cc1ccc(Oc2ccc(-n3c(=O)[nH]c4cccnc43)cn2)cc1OC(F)(F)F. The van der Waals surface area contributed by atoms with Crippen molar-refractivity contribution in [2.45, 2.75) is 13.3 Å². The fourth-order valence-corrected chi connectivity index (χ4v) is 2.74. The topological polar surface area (TPSA) is 82.0 Å². The highest BCUT2D eigenvalue weighted by atomic mass is 19.4. The second-order valence-corrected chi connectivity index (χ2v) is 6.07. The number of rotatable bonds is 4. The quantitative estimate of drug-likeness (QED) is 0.556. The first-order valence-electron chi connectivity index (χ1n) is 8.36. The summed E-state index contributed by atoms with van der Waals surface area (Å²) in [5, 5.41) is 0. The lowest BCUT2D eigenvalue weighted by Gasteiger charge is -2.13. The Labute approximate surface area is 161 Å². The molecule has 0 unspecified atom stereocenters. The molecule has 0 atom stereocenters. The van der Waals surface area contributed by atoms with Gasteiger partial charge in [-0.15, -0.1) is 13.2 Å². The van der Waals surface area contributed by atoms with Crippen molar-refractivity contribution < 1.29 is 22.6 Å². The third kappa shape index (κ3) is 3.91. The number of aryl methyl sites for hydroxylation is 1. The largest absolute Gasteiger partial charge is 0.573 e. The molecule has 1 aromatic carbocycles. The molecule has 0 aliphatic heterocycles. The average Bonchev–Trinajstić information content (AvgIpc) is 3.00. The zero-order chi connectivity index (χ0) is 20.6. The van der Waals surface area contributed by atoms with Gasteiger partial charge in [0.05, 0.1) is 17.4 Å². The molecule has 3 heterocycles. The van der Waals surface area contributed by atoms with Crippen LogP contribution in [0.15, 0.2) is 59.7 Å². The van der Waals surface area contributed by atoms with E-state index in [1.807, 2.05) is 0 Å². The van der Waals surface area contributed by atoms with Crippen molar-refractivity contribution in [3.8, 4) is 23.1 Å². The Morgan fingerprint density at radius 2 is 1.93 bits per heavy atom. The number of nitrogens with zero attached hydrogens (tertiary/aromatic N) is 3. The van der Waals surface area contributed by atoms with Crippen LogP contribution < -0.4 is 15.2 Å². The van der Waals surface area contributed by atoms with E-state index in [4.69, 9.17) is 4.74 Å². The molecule has 0 radical (unpaired) electrons. The maximum Gasteiger partial charge on any atom is 0.573 e. The van der Waals surface area contributed by atoms with Crippen molar-refractivity contribution in [2.75, 3.05) is 0 Å². The third-order valence-electron chi connectivity index (χ3n) is 4.03. The van der Waals surface area contributed by atoms with Crippen molar-refractivity contribution in [3.05, 3.63) is 70.9 Å².